The fourth-order valence-corrected chi connectivity index (χ4v) is 3.62. The maximum Gasteiger partial charge on any atom is 0.280 e. The number of thiazole rings is 1. The van der Waals surface area contributed by atoms with Gasteiger partial charge < -0.3 is 4.42 Å². The van der Waals surface area contributed by atoms with E-state index in [-0.39, 0.29) is 5.69 Å². The Balaban J connectivity index is 1.72. The molecule has 0 fully saturated rings. The molecule has 0 radical (unpaired) electrons. The van der Waals surface area contributed by atoms with Crippen LogP contribution in [0.4, 0.5) is 5.69 Å². The van der Waals surface area contributed by atoms with Gasteiger partial charge in [0.25, 0.3) is 5.69 Å². The molecule has 0 aliphatic rings. The summed E-state index contributed by atoms with van der Waals surface area (Å²) in [6.45, 7) is 0. The van der Waals surface area contributed by atoms with Gasteiger partial charge in [0.2, 0.25) is 0 Å². The van der Waals surface area contributed by atoms with Gasteiger partial charge in [-0.15, -0.1) is 11.3 Å². The molecule has 6 nitrogen and oxygen atoms in total. The summed E-state index contributed by atoms with van der Waals surface area (Å²) >= 11 is 1.43. The number of hydrogen-bond donors (Lipinski definition) is 0. The van der Waals surface area contributed by atoms with Crippen LogP contribution in [-0.2, 0) is 0 Å². The molecule has 130 valence electrons. The van der Waals surface area contributed by atoms with E-state index in [9.17, 15) is 15.4 Å². The van der Waals surface area contributed by atoms with Crippen LogP contribution in [-0.4, -0.2) is 9.91 Å². The first kappa shape index (κ1) is 16.7. The predicted molar refractivity (Wildman–Crippen MR) is 104 cm³/mol. The quantitative estimate of drug-likeness (QED) is 0.266. The van der Waals surface area contributed by atoms with Crippen molar-refractivity contribution in [1.29, 1.82) is 5.26 Å². The SMILES string of the molecule is N#C/C(=C\c1ccc(-c2ccccc2[N+](=O)[O-])o1)c1nc2ccccc2s1. The molecule has 0 saturated heterocycles. The van der Waals surface area contributed by atoms with Crippen molar-refractivity contribution in [3.8, 4) is 17.4 Å². The molecule has 0 aliphatic carbocycles. The van der Waals surface area contributed by atoms with Crippen LogP contribution < -0.4 is 0 Å². The minimum absolute atomic E-state index is 0.0333. The molecule has 2 aromatic carbocycles. The van der Waals surface area contributed by atoms with E-state index in [0.717, 1.165) is 10.2 Å². The fraction of sp³-hybridized carbons (Fsp3) is 0. The number of nitro groups is 1. The number of nitro benzene ring substituents is 1. The molecule has 0 unspecified atom stereocenters. The Kier molecular flexibility index (Phi) is 4.24. The number of nitriles is 1. The average Bonchev–Trinajstić information content (AvgIpc) is 3.32. The molecule has 0 bridgehead atoms. The molecule has 2 aromatic heterocycles. The molecule has 4 rings (SSSR count). The highest BCUT2D eigenvalue weighted by Gasteiger charge is 2.17. The number of aromatic nitrogens is 1. The number of nitrogens with zero attached hydrogens (tertiary/aromatic N) is 3. The first-order valence-electron chi connectivity index (χ1n) is 7.97. The molecule has 0 saturated carbocycles. The van der Waals surface area contributed by atoms with E-state index < -0.39 is 4.92 Å². The van der Waals surface area contributed by atoms with Gasteiger partial charge in [-0.1, -0.05) is 24.3 Å². The lowest BCUT2D eigenvalue weighted by Gasteiger charge is -1.98. The van der Waals surface area contributed by atoms with Crippen molar-refractivity contribution in [2.24, 2.45) is 0 Å². The predicted octanol–water partition coefficient (Wildman–Crippen LogP) is 5.53. The molecule has 27 heavy (non-hydrogen) atoms. The zero-order chi connectivity index (χ0) is 18.8. The van der Waals surface area contributed by atoms with Crippen LogP contribution in [0, 0.1) is 21.4 Å². The molecular weight excluding hydrogens is 362 g/mol. The normalized spacial score (nSPS) is 11.4. The first-order valence-corrected chi connectivity index (χ1v) is 8.79. The maximum atomic E-state index is 11.2. The summed E-state index contributed by atoms with van der Waals surface area (Å²) in [6, 6.07) is 19.5. The van der Waals surface area contributed by atoms with Gasteiger partial charge in [-0.3, -0.25) is 10.1 Å². The number of fused-ring (bicyclic) bond motifs is 1. The van der Waals surface area contributed by atoms with E-state index in [1.807, 2.05) is 24.3 Å². The van der Waals surface area contributed by atoms with Crippen LogP contribution in [0.5, 0.6) is 0 Å². The van der Waals surface area contributed by atoms with E-state index in [2.05, 4.69) is 11.1 Å². The Labute approximate surface area is 157 Å². The van der Waals surface area contributed by atoms with Gasteiger partial charge in [-0.2, -0.15) is 5.26 Å². The second-order valence-corrected chi connectivity index (χ2v) is 6.66. The Morgan fingerprint density at radius 1 is 1.15 bits per heavy atom. The van der Waals surface area contributed by atoms with Crippen LogP contribution >= 0.6 is 11.3 Å². The lowest BCUT2D eigenvalue weighted by Crippen LogP contribution is -1.90. The zero-order valence-electron chi connectivity index (χ0n) is 13.8. The third-order valence-electron chi connectivity index (χ3n) is 3.92. The van der Waals surface area contributed by atoms with Crippen molar-refractivity contribution in [3.63, 3.8) is 0 Å². The first-order chi connectivity index (χ1) is 13.2. The van der Waals surface area contributed by atoms with E-state index >= 15 is 0 Å². The molecule has 7 heteroatoms. The van der Waals surface area contributed by atoms with Crippen LogP contribution in [0.3, 0.4) is 0 Å². The topological polar surface area (TPSA) is 93.0 Å². The number of hydrogen-bond acceptors (Lipinski definition) is 6. The maximum absolute atomic E-state index is 11.2. The molecule has 0 atom stereocenters. The molecular formula is C20H11N3O3S. The van der Waals surface area contributed by atoms with Gasteiger partial charge in [0.05, 0.1) is 26.3 Å². The molecule has 0 N–H and O–H groups in total. The van der Waals surface area contributed by atoms with Gasteiger partial charge in [0.15, 0.2) is 0 Å². The summed E-state index contributed by atoms with van der Waals surface area (Å²) < 4.78 is 6.73. The van der Waals surface area contributed by atoms with Gasteiger partial charge in [-0.25, -0.2) is 4.98 Å². The lowest BCUT2D eigenvalue weighted by molar-refractivity contribution is -0.384. The highest BCUT2D eigenvalue weighted by molar-refractivity contribution is 7.19. The molecule has 4 aromatic rings. The summed E-state index contributed by atoms with van der Waals surface area (Å²) in [5, 5.41) is 21.3. The third kappa shape index (κ3) is 3.21. The van der Waals surface area contributed by atoms with E-state index in [1.165, 1.54) is 17.4 Å². The Bertz CT molecular complexity index is 1200. The molecule has 2 heterocycles. The van der Waals surface area contributed by atoms with Gasteiger partial charge in [0, 0.05) is 12.1 Å². The smallest absolute Gasteiger partial charge is 0.280 e. The van der Waals surface area contributed by atoms with Crippen LogP contribution in [0.2, 0.25) is 0 Å². The van der Waals surface area contributed by atoms with Crippen LogP contribution in [0.1, 0.15) is 10.8 Å². The van der Waals surface area contributed by atoms with Crippen molar-refractivity contribution >= 4 is 38.9 Å². The summed E-state index contributed by atoms with van der Waals surface area (Å²) in [7, 11) is 0. The summed E-state index contributed by atoms with van der Waals surface area (Å²) in [4.78, 5) is 15.2. The standard InChI is InChI=1S/C20H11N3O3S/c21-12-13(20-22-16-6-2-4-8-19(16)27-20)11-14-9-10-18(26-14)15-5-1-3-7-17(15)23(24)25/h1-11H/b13-11+. The monoisotopic (exact) mass is 373 g/mol. The average molecular weight is 373 g/mol. The number of benzene rings is 2. The summed E-state index contributed by atoms with van der Waals surface area (Å²) in [5.74, 6) is 0.800. The molecule has 0 spiro atoms. The summed E-state index contributed by atoms with van der Waals surface area (Å²) in [5.41, 5.74) is 1.56. The molecule has 0 aliphatic heterocycles. The number of allylic oxidation sites excluding steroid dienone is 1. The Morgan fingerprint density at radius 3 is 2.70 bits per heavy atom. The van der Waals surface area contributed by atoms with Crippen LogP contribution in [0.25, 0.3) is 33.2 Å². The zero-order valence-corrected chi connectivity index (χ0v) is 14.6. The highest BCUT2D eigenvalue weighted by atomic mass is 32.1. The van der Waals surface area contributed by atoms with Gasteiger partial charge >= 0.3 is 0 Å². The van der Waals surface area contributed by atoms with Crippen molar-refractivity contribution in [3.05, 3.63) is 81.5 Å². The van der Waals surface area contributed by atoms with E-state index in [1.54, 1.807) is 36.4 Å². The minimum Gasteiger partial charge on any atom is -0.456 e. The summed E-state index contributed by atoms with van der Waals surface area (Å²) in [6.07, 6.45) is 1.59. The number of rotatable bonds is 4. The van der Waals surface area contributed by atoms with Crippen molar-refractivity contribution < 1.29 is 9.34 Å². The minimum atomic E-state index is -0.449. The number of furan rings is 1. The highest BCUT2D eigenvalue weighted by Crippen LogP contribution is 2.33. The second kappa shape index (κ2) is 6.86. The number of para-hydroxylation sites is 2. The van der Waals surface area contributed by atoms with Crippen LogP contribution in [0.15, 0.2) is 65.1 Å². The fourth-order valence-electron chi connectivity index (χ4n) is 2.69. The largest absolute Gasteiger partial charge is 0.456 e. The second-order valence-electron chi connectivity index (χ2n) is 5.63. The Hall–Kier alpha value is -3.76. The van der Waals surface area contributed by atoms with Gasteiger partial charge in [0.1, 0.15) is 22.6 Å². The van der Waals surface area contributed by atoms with E-state index in [4.69, 9.17) is 4.42 Å². The Morgan fingerprint density at radius 2 is 1.93 bits per heavy atom. The van der Waals surface area contributed by atoms with E-state index in [0.29, 0.717) is 27.7 Å². The van der Waals surface area contributed by atoms with Crippen molar-refractivity contribution in [2.75, 3.05) is 0 Å². The van der Waals surface area contributed by atoms with Gasteiger partial charge in [-0.05, 0) is 30.3 Å². The third-order valence-corrected chi connectivity index (χ3v) is 4.99. The van der Waals surface area contributed by atoms with Crippen molar-refractivity contribution in [1.82, 2.24) is 4.98 Å². The molecule has 0 amide bonds. The van der Waals surface area contributed by atoms with Crippen molar-refractivity contribution in [2.45, 2.75) is 0 Å². The lowest BCUT2D eigenvalue weighted by atomic mass is 10.1.